The molecule has 3 aromatic rings. The zero-order valence-electron chi connectivity index (χ0n) is 14.4. The van der Waals surface area contributed by atoms with E-state index in [4.69, 9.17) is 13.9 Å². The highest BCUT2D eigenvalue weighted by molar-refractivity contribution is 5.88. The van der Waals surface area contributed by atoms with Crippen molar-refractivity contribution in [1.82, 2.24) is 0 Å². The van der Waals surface area contributed by atoms with Gasteiger partial charge in [0.05, 0.1) is 12.5 Å². The van der Waals surface area contributed by atoms with Crippen LogP contribution >= 0.6 is 0 Å². The van der Waals surface area contributed by atoms with Gasteiger partial charge in [-0.2, -0.15) is 0 Å². The molecule has 25 heavy (non-hydrogen) atoms. The van der Waals surface area contributed by atoms with Gasteiger partial charge in [-0.05, 0) is 67.1 Å². The van der Waals surface area contributed by atoms with Crippen LogP contribution in [0, 0.1) is 6.92 Å². The summed E-state index contributed by atoms with van der Waals surface area (Å²) >= 11 is 0. The number of hydrogen-bond donors (Lipinski definition) is 0. The zero-order valence-corrected chi connectivity index (χ0v) is 14.4. The lowest BCUT2D eigenvalue weighted by atomic mass is 10.0. The van der Waals surface area contributed by atoms with Crippen molar-refractivity contribution in [3.05, 3.63) is 69.1 Å². The van der Waals surface area contributed by atoms with E-state index in [9.17, 15) is 4.79 Å². The smallest absolute Gasteiger partial charge is 0.339 e. The molecule has 4 nitrogen and oxygen atoms in total. The second-order valence-corrected chi connectivity index (χ2v) is 6.48. The fraction of sp³-hybridized carbons (Fsp3) is 0.286. The summed E-state index contributed by atoms with van der Waals surface area (Å²) in [6.07, 6.45) is 2.68. The van der Waals surface area contributed by atoms with Crippen molar-refractivity contribution < 1.29 is 13.9 Å². The van der Waals surface area contributed by atoms with E-state index in [-0.39, 0.29) is 5.63 Å². The standard InChI is InChI=1S/C21H20O4/c1-13-9-18(24-12-14-5-3-6-15(11-14)23-2)20-16-7-4-8-17(16)21(22)25-19(20)10-13/h3,5-6,9-11H,4,7-8,12H2,1-2H3. The van der Waals surface area contributed by atoms with E-state index in [0.29, 0.717) is 12.2 Å². The van der Waals surface area contributed by atoms with E-state index in [1.165, 1.54) is 0 Å². The topological polar surface area (TPSA) is 48.7 Å². The molecular weight excluding hydrogens is 316 g/mol. The summed E-state index contributed by atoms with van der Waals surface area (Å²) < 4.78 is 17.0. The molecule has 1 aliphatic carbocycles. The van der Waals surface area contributed by atoms with Crippen molar-refractivity contribution in [3.63, 3.8) is 0 Å². The summed E-state index contributed by atoms with van der Waals surface area (Å²) in [4.78, 5) is 12.2. The molecule has 0 unspecified atom stereocenters. The van der Waals surface area contributed by atoms with Gasteiger partial charge in [0, 0.05) is 5.56 Å². The molecule has 0 spiro atoms. The van der Waals surface area contributed by atoms with Crippen LogP contribution in [0.15, 0.2) is 45.6 Å². The molecule has 0 aliphatic heterocycles. The zero-order chi connectivity index (χ0) is 17.4. The Morgan fingerprint density at radius 2 is 1.96 bits per heavy atom. The van der Waals surface area contributed by atoms with Gasteiger partial charge in [0.25, 0.3) is 0 Å². The highest BCUT2D eigenvalue weighted by Gasteiger charge is 2.22. The Bertz CT molecular complexity index is 1000. The maximum absolute atomic E-state index is 12.2. The van der Waals surface area contributed by atoms with Crippen LogP contribution in [0.3, 0.4) is 0 Å². The van der Waals surface area contributed by atoms with Crippen LogP contribution in [0.4, 0.5) is 0 Å². The number of fused-ring (bicyclic) bond motifs is 3. The van der Waals surface area contributed by atoms with E-state index >= 15 is 0 Å². The third kappa shape index (κ3) is 2.88. The van der Waals surface area contributed by atoms with Crippen LogP contribution in [-0.4, -0.2) is 7.11 Å². The largest absolute Gasteiger partial charge is 0.497 e. The lowest BCUT2D eigenvalue weighted by Crippen LogP contribution is -2.08. The second-order valence-electron chi connectivity index (χ2n) is 6.48. The third-order valence-electron chi connectivity index (χ3n) is 4.71. The Kier molecular flexibility index (Phi) is 3.96. The normalized spacial score (nSPS) is 13.0. The molecule has 0 amide bonds. The van der Waals surface area contributed by atoms with Gasteiger partial charge >= 0.3 is 5.63 Å². The van der Waals surface area contributed by atoms with Crippen molar-refractivity contribution in [2.24, 2.45) is 0 Å². The van der Waals surface area contributed by atoms with Crippen molar-refractivity contribution >= 4 is 11.0 Å². The maximum atomic E-state index is 12.2. The van der Waals surface area contributed by atoms with Crippen molar-refractivity contribution in [2.75, 3.05) is 7.11 Å². The first-order valence-corrected chi connectivity index (χ1v) is 8.50. The Hall–Kier alpha value is -2.75. The molecule has 0 fully saturated rings. The fourth-order valence-electron chi connectivity index (χ4n) is 3.54. The third-order valence-corrected chi connectivity index (χ3v) is 4.71. The summed E-state index contributed by atoms with van der Waals surface area (Å²) in [5.74, 6) is 1.59. The predicted octanol–water partition coefficient (Wildman–Crippen LogP) is 4.18. The first-order chi connectivity index (χ1) is 12.2. The van der Waals surface area contributed by atoms with Crippen molar-refractivity contribution in [1.29, 1.82) is 0 Å². The molecule has 4 rings (SSSR count). The summed E-state index contributed by atoms with van der Waals surface area (Å²) in [7, 11) is 1.65. The van der Waals surface area contributed by atoms with Crippen LogP contribution in [-0.2, 0) is 19.4 Å². The molecule has 0 saturated carbocycles. The lowest BCUT2D eigenvalue weighted by molar-refractivity contribution is 0.308. The Morgan fingerprint density at radius 3 is 2.80 bits per heavy atom. The molecule has 0 saturated heterocycles. The van der Waals surface area contributed by atoms with Crippen LogP contribution in [0.1, 0.15) is 28.7 Å². The summed E-state index contributed by atoms with van der Waals surface area (Å²) in [5.41, 5.74) is 4.35. The second kappa shape index (κ2) is 6.28. The minimum Gasteiger partial charge on any atom is -0.497 e. The first kappa shape index (κ1) is 15.8. The summed E-state index contributed by atoms with van der Waals surface area (Å²) in [6, 6.07) is 11.7. The molecular formula is C21H20O4. The summed E-state index contributed by atoms with van der Waals surface area (Å²) in [5, 5.41) is 0.945. The average Bonchev–Trinajstić information content (AvgIpc) is 3.10. The minimum atomic E-state index is -0.204. The van der Waals surface area contributed by atoms with Crippen molar-refractivity contribution in [2.45, 2.75) is 32.8 Å². The van der Waals surface area contributed by atoms with E-state index in [1.807, 2.05) is 43.3 Å². The Morgan fingerprint density at radius 1 is 1.12 bits per heavy atom. The number of benzene rings is 2. The Labute approximate surface area is 146 Å². The molecule has 0 radical (unpaired) electrons. The van der Waals surface area contributed by atoms with Crippen LogP contribution < -0.4 is 15.1 Å². The molecule has 0 N–H and O–H groups in total. The summed E-state index contributed by atoms with van der Waals surface area (Å²) in [6.45, 7) is 2.41. The van der Waals surface area contributed by atoms with Gasteiger partial charge in [0.2, 0.25) is 0 Å². The molecule has 1 aromatic heterocycles. The number of methoxy groups -OCH3 is 1. The van der Waals surface area contributed by atoms with E-state index < -0.39 is 0 Å². The number of hydrogen-bond acceptors (Lipinski definition) is 4. The highest BCUT2D eigenvalue weighted by atomic mass is 16.5. The van der Waals surface area contributed by atoms with Gasteiger partial charge in [0.15, 0.2) is 0 Å². The number of aryl methyl sites for hydroxylation is 2. The van der Waals surface area contributed by atoms with Crippen molar-refractivity contribution in [3.8, 4) is 11.5 Å². The molecule has 2 aromatic carbocycles. The molecule has 0 atom stereocenters. The van der Waals surface area contributed by atoms with E-state index in [0.717, 1.165) is 58.4 Å². The van der Waals surface area contributed by atoms with Crippen LogP contribution in [0.2, 0.25) is 0 Å². The van der Waals surface area contributed by atoms with Gasteiger partial charge in [0.1, 0.15) is 23.7 Å². The van der Waals surface area contributed by atoms with Crippen LogP contribution in [0.25, 0.3) is 11.0 Å². The highest BCUT2D eigenvalue weighted by Crippen LogP contribution is 2.35. The fourth-order valence-corrected chi connectivity index (χ4v) is 3.54. The Balaban J connectivity index is 1.76. The van der Waals surface area contributed by atoms with Crippen LogP contribution in [0.5, 0.6) is 11.5 Å². The van der Waals surface area contributed by atoms with Gasteiger partial charge in [-0.3, -0.25) is 0 Å². The first-order valence-electron chi connectivity index (χ1n) is 8.50. The monoisotopic (exact) mass is 336 g/mol. The van der Waals surface area contributed by atoms with E-state index in [1.54, 1.807) is 7.11 Å². The van der Waals surface area contributed by atoms with Gasteiger partial charge in [-0.1, -0.05) is 12.1 Å². The molecule has 0 bridgehead atoms. The molecule has 1 aliphatic rings. The van der Waals surface area contributed by atoms with Gasteiger partial charge < -0.3 is 13.9 Å². The molecule has 4 heteroatoms. The average molecular weight is 336 g/mol. The van der Waals surface area contributed by atoms with Gasteiger partial charge in [-0.15, -0.1) is 0 Å². The number of ether oxygens (including phenoxy) is 2. The van der Waals surface area contributed by atoms with Gasteiger partial charge in [-0.25, -0.2) is 4.79 Å². The minimum absolute atomic E-state index is 0.204. The number of rotatable bonds is 4. The predicted molar refractivity (Wildman–Crippen MR) is 96.6 cm³/mol. The molecule has 128 valence electrons. The maximum Gasteiger partial charge on any atom is 0.339 e. The van der Waals surface area contributed by atoms with E-state index in [2.05, 4.69) is 0 Å². The SMILES string of the molecule is COc1cccc(COc2cc(C)cc3oc(=O)c4c(c23)CCC4)c1. The quantitative estimate of drug-likeness (QED) is 0.671. The lowest BCUT2D eigenvalue weighted by Gasteiger charge is -2.13. The molecule has 1 heterocycles.